The van der Waals surface area contributed by atoms with E-state index in [0.717, 1.165) is 38.9 Å². The maximum atomic E-state index is 13.5. The van der Waals surface area contributed by atoms with Crippen LogP contribution in [0, 0.1) is 12.8 Å². The van der Waals surface area contributed by atoms with E-state index < -0.39 is 0 Å². The maximum Gasteiger partial charge on any atom is 0.233 e. The molecular weight excluding hydrogens is 284 g/mol. The fourth-order valence-electron chi connectivity index (χ4n) is 4.64. The van der Waals surface area contributed by atoms with Gasteiger partial charge in [0.1, 0.15) is 0 Å². The second-order valence-corrected chi connectivity index (χ2v) is 7.42. The van der Waals surface area contributed by atoms with Crippen molar-refractivity contribution >= 4 is 5.91 Å². The highest BCUT2D eigenvalue weighted by Crippen LogP contribution is 2.43. The highest BCUT2D eigenvalue weighted by molar-refractivity contribution is 5.89. The van der Waals surface area contributed by atoms with Gasteiger partial charge >= 0.3 is 0 Å². The monoisotopic (exact) mass is 314 g/mol. The van der Waals surface area contributed by atoms with Crippen molar-refractivity contribution in [2.45, 2.75) is 50.9 Å². The topological polar surface area (TPSA) is 32.3 Å². The van der Waals surface area contributed by atoms with E-state index >= 15 is 0 Å². The van der Waals surface area contributed by atoms with E-state index in [1.54, 1.807) is 0 Å². The van der Waals surface area contributed by atoms with E-state index in [0.29, 0.717) is 11.8 Å². The minimum absolute atomic E-state index is 0.266. The predicted molar refractivity (Wildman–Crippen MR) is 94.6 cm³/mol. The first-order valence-corrected chi connectivity index (χ1v) is 9.17. The first-order chi connectivity index (χ1) is 11.2. The fourth-order valence-corrected chi connectivity index (χ4v) is 4.64. The Morgan fingerprint density at radius 2 is 2.00 bits per heavy atom. The first-order valence-electron chi connectivity index (χ1n) is 9.17. The highest BCUT2D eigenvalue weighted by atomic mass is 16.2. The quantitative estimate of drug-likeness (QED) is 0.925. The van der Waals surface area contributed by atoms with Crippen LogP contribution in [0.25, 0.3) is 0 Å². The van der Waals surface area contributed by atoms with Crippen LogP contribution in [-0.4, -0.2) is 37.5 Å². The molecule has 1 aromatic rings. The van der Waals surface area contributed by atoms with Crippen molar-refractivity contribution in [3.63, 3.8) is 0 Å². The van der Waals surface area contributed by atoms with Gasteiger partial charge in [-0.25, -0.2) is 0 Å². The third-order valence-corrected chi connectivity index (χ3v) is 5.84. The van der Waals surface area contributed by atoms with E-state index in [1.165, 1.54) is 30.4 Å². The Labute approximate surface area is 140 Å². The van der Waals surface area contributed by atoms with Crippen molar-refractivity contribution < 1.29 is 4.79 Å². The Morgan fingerprint density at radius 3 is 2.70 bits per heavy atom. The molecule has 1 amide bonds. The van der Waals surface area contributed by atoms with Crippen LogP contribution < -0.4 is 5.32 Å². The summed E-state index contributed by atoms with van der Waals surface area (Å²) in [7, 11) is 2.00. The molecule has 126 valence electrons. The summed E-state index contributed by atoms with van der Waals surface area (Å²) in [5, 5.41) is 3.26. The Bertz CT molecular complexity index is 548. The van der Waals surface area contributed by atoms with Gasteiger partial charge in [0.15, 0.2) is 0 Å². The zero-order valence-electron chi connectivity index (χ0n) is 14.6. The summed E-state index contributed by atoms with van der Waals surface area (Å²) in [6.07, 6.45) is 6.79. The van der Waals surface area contributed by atoms with Crippen LogP contribution in [0.4, 0.5) is 0 Å². The maximum absolute atomic E-state index is 13.5. The third-order valence-electron chi connectivity index (χ3n) is 5.84. The summed E-state index contributed by atoms with van der Waals surface area (Å²) >= 11 is 0. The lowest BCUT2D eigenvalue weighted by Gasteiger charge is -2.40. The fraction of sp³-hybridized carbons (Fsp3) is 0.650. The van der Waals surface area contributed by atoms with Crippen LogP contribution >= 0.6 is 0 Å². The lowest BCUT2D eigenvalue weighted by atomic mass is 9.67. The van der Waals surface area contributed by atoms with Gasteiger partial charge in [-0.15, -0.1) is 0 Å². The summed E-state index contributed by atoms with van der Waals surface area (Å²) in [6.45, 7) is 5.03. The van der Waals surface area contributed by atoms with Gasteiger partial charge in [-0.2, -0.15) is 0 Å². The number of benzene rings is 1. The normalized spacial score (nSPS) is 23.9. The molecule has 1 N–H and O–H groups in total. The number of rotatable bonds is 4. The molecule has 1 unspecified atom stereocenters. The SMILES string of the molecule is CNCC1CCN(C(=O)C2(c3ccccc3C)CCCCC2)C1. The molecular formula is C20H30N2O. The summed E-state index contributed by atoms with van der Waals surface area (Å²) in [5.41, 5.74) is 2.29. The van der Waals surface area contributed by atoms with Crippen molar-refractivity contribution in [2.75, 3.05) is 26.7 Å². The number of nitrogens with one attached hydrogen (secondary N) is 1. The number of aryl methyl sites for hydroxylation is 1. The Hall–Kier alpha value is -1.35. The van der Waals surface area contributed by atoms with Crippen LogP contribution in [0.15, 0.2) is 24.3 Å². The number of likely N-dealkylation sites (tertiary alicyclic amines) is 1. The molecule has 1 aliphatic carbocycles. The van der Waals surface area contributed by atoms with Gasteiger partial charge in [0.25, 0.3) is 0 Å². The van der Waals surface area contributed by atoms with Gasteiger partial charge in [0, 0.05) is 13.1 Å². The summed E-state index contributed by atoms with van der Waals surface area (Å²) in [5.74, 6) is 1.01. The van der Waals surface area contributed by atoms with Crippen LogP contribution in [0.1, 0.15) is 49.7 Å². The largest absolute Gasteiger partial charge is 0.342 e. The molecule has 1 aromatic carbocycles. The smallest absolute Gasteiger partial charge is 0.233 e. The van der Waals surface area contributed by atoms with Crippen molar-refractivity contribution in [3.05, 3.63) is 35.4 Å². The number of nitrogens with zero attached hydrogens (tertiary/aromatic N) is 1. The van der Waals surface area contributed by atoms with Gasteiger partial charge < -0.3 is 10.2 Å². The van der Waals surface area contributed by atoms with E-state index in [2.05, 4.69) is 41.4 Å². The van der Waals surface area contributed by atoms with E-state index in [-0.39, 0.29) is 5.41 Å². The van der Waals surface area contributed by atoms with E-state index in [1.807, 2.05) is 7.05 Å². The van der Waals surface area contributed by atoms with Crippen molar-refractivity contribution in [2.24, 2.45) is 5.92 Å². The lowest BCUT2D eigenvalue weighted by molar-refractivity contribution is -0.138. The molecule has 1 atom stereocenters. The van der Waals surface area contributed by atoms with E-state index in [9.17, 15) is 4.79 Å². The number of amides is 1. The molecule has 23 heavy (non-hydrogen) atoms. The molecule has 2 fully saturated rings. The van der Waals surface area contributed by atoms with Gasteiger partial charge in [-0.1, -0.05) is 43.5 Å². The molecule has 3 rings (SSSR count). The standard InChI is InChI=1S/C20H30N2O/c1-16-8-4-5-9-18(16)20(11-6-3-7-12-20)19(23)22-13-10-17(15-22)14-21-2/h4-5,8-9,17,21H,3,6-7,10-15H2,1-2H3. The second-order valence-electron chi connectivity index (χ2n) is 7.42. The minimum Gasteiger partial charge on any atom is -0.342 e. The minimum atomic E-state index is -0.266. The third kappa shape index (κ3) is 3.16. The summed E-state index contributed by atoms with van der Waals surface area (Å²) < 4.78 is 0. The molecule has 2 aliphatic rings. The Balaban J connectivity index is 1.88. The average Bonchev–Trinajstić information content (AvgIpc) is 3.04. The lowest BCUT2D eigenvalue weighted by Crippen LogP contribution is -2.47. The Kier molecular flexibility index (Phi) is 5.05. The van der Waals surface area contributed by atoms with Gasteiger partial charge in [-0.3, -0.25) is 4.79 Å². The van der Waals surface area contributed by atoms with Gasteiger partial charge in [0.2, 0.25) is 5.91 Å². The van der Waals surface area contributed by atoms with Crippen LogP contribution in [0.5, 0.6) is 0 Å². The average molecular weight is 314 g/mol. The van der Waals surface area contributed by atoms with Crippen LogP contribution in [0.2, 0.25) is 0 Å². The molecule has 1 heterocycles. The highest BCUT2D eigenvalue weighted by Gasteiger charge is 2.45. The molecule has 0 bridgehead atoms. The van der Waals surface area contributed by atoms with Crippen molar-refractivity contribution in [1.29, 1.82) is 0 Å². The number of hydrogen-bond donors (Lipinski definition) is 1. The summed E-state index contributed by atoms with van der Waals surface area (Å²) in [4.78, 5) is 15.7. The van der Waals surface area contributed by atoms with Crippen LogP contribution in [-0.2, 0) is 10.2 Å². The number of carbonyl (C=O) groups excluding carboxylic acids is 1. The number of carbonyl (C=O) groups is 1. The summed E-state index contributed by atoms with van der Waals surface area (Å²) in [6, 6.07) is 8.53. The second kappa shape index (κ2) is 7.04. The van der Waals surface area contributed by atoms with Crippen molar-refractivity contribution in [3.8, 4) is 0 Å². The van der Waals surface area contributed by atoms with Gasteiger partial charge in [-0.05, 0) is 56.8 Å². The number of hydrogen-bond acceptors (Lipinski definition) is 2. The van der Waals surface area contributed by atoms with E-state index in [4.69, 9.17) is 0 Å². The molecule has 0 radical (unpaired) electrons. The molecule has 3 nitrogen and oxygen atoms in total. The molecule has 3 heteroatoms. The molecule has 0 aromatic heterocycles. The van der Waals surface area contributed by atoms with Crippen LogP contribution in [0.3, 0.4) is 0 Å². The molecule has 1 aliphatic heterocycles. The molecule has 1 saturated heterocycles. The van der Waals surface area contributed by atoms with Crippen molar-refractivity contribution in [1.82, 2.24) is 10.2 Å². The predicted octanol–water partition coefficient (Wildman–Crippen LogP) is 3.26. The molecule has 1 saturated carbocycles. The zero-order chi connectivity index (χ0) is 16.3. The Morgan fingerprint density at radius 1 is 1.26 bits per heavy atom. The molecule has 0 spiro atoms. The zero-order valence-corrected chi connectivity index (χ0v) is 14.6. The van der Waals surface area contributed by atoms with Gasteiger partial charge in [0.05, 0.1) is 5.41 Å². The first kappa shape index (κ1) is 16.5.